The summed E-state index contributed by atoms with van der Waals surface area (Å²) in [6, 6.07) is 7.57. The Labute approximate surface area is 109 Å². The molecule has 3 rings (SSSR count). The van der Waals surface area contributed by atoms with Gasteiger partial charge in [0.2, 0.25) is 5.95 Å². The number of aryl methyl sites for hydroxylation is 1. The van der Waals surface area contributed by atoms with Crippen molar-refractivity contribution < 1.29 is 9.90 Å². The number of carboxylic acid groups (broad SMARTS) is 1. The molecular weight excluding hydrogens is 244 g/mol. The van der Waals surface area contributed by atoms with E-state index < -0.39 is 5.97 Å². The number of nitrogens with one attached hydrogen (secondary N) is 1. The Kier molecular flexibility index (Phi) is 2.56. The van der Waals surface area contributed by atoms with Crippen LogP contribution in [-0.2, 0) is 4.79 Å². The summed E-state index contributed by atoms with van der Waals surface area (Å²) in [7, 11) is 0. The van der Waals surface area contributed by atoms with Crippen LogP contribution in [-0.4, -0.2) is 25.8 Å². The maximum absolute atomic E-state index is 11.2. The average molecular weight is 256 g/mol. The van der Waals surface area contributed by atoms with Gasteiger partial charge in [-0.15, -0.1) is 0 Å². The number of aliphatic carboxylic acids is 1. The zero-order valence-electron chi connectivity index (χ0n) is 10.2. The van der Waals surface area contributed by atoms with Crippen molar-refractivity contribution in [2.75, 3.05) is 5.32 Å². The molecule has 6 heteroatoms. The van der Waals surface area contributed by atoms with Gasteiger partial charge in [-0.3, -0.25) is 0 Å². The second kappa shape index (κ2) is 4.24. The van der Waals surface area contributed by atoms with Gasteiger partial charge >= 0.3 is 5.97 Å². The van der Waals surface area contributed by atoms with E-state index in [1.807, 2.05) is 31.2 Å². The normalized spacial score (nSPS) is 17.3. The number of anilines is 1. The van der Waals surface area contributed by atoms with E-state index in [-0.39, 0.29) is 11.7 Å². The van der Waals surface area contributed by atoms with Crippen LogP contribution in [0.15, 0.2) is 42.4 Å². The fourth-order valence-corrected chi connectivity index (χ4v) is 2.20. The Hall–Kier alpha value is -2.63. The summed E-state index contributed by atoms with van der Waals surface area (Å²) < 4.78 is 1.68. The maximum Gasteiger partial charge on any atom is 0.352 e. The first-order chi connectivity index (χ1) is 9.16. The second-order valence-electron chi connectivity index (χ2n) is 4.34. The van der Waals surface area contributed by atoms with E-state index in [9.17, 15) is 4.79 Å². The zero-order chi connectivity index (χ0) is 13.4. The Morgan fingerprint density at radius 2 is 2.21 bits per heavy atom. The molecule has 6 nitrogen and oxygen atoms in total. The fourth-order valence-electron chi connectivity index (χ4n) is 2.20. The molecule has 0 bridgehead atoms. The molecule has 0 saturated heterocycles. The molecule has 0 aliphatic carbocycles. The molecule has 0 saturated carbocycles. The lowest BCUT2D eigenvalue weighted by molar-refractivity contribution is -0.132. The Morgan fingerprint density at radius 3 is 2.95 bits per heavy atom. The minimum Gasteiger partial charge on any atom is -0.477 e. The molecule has 19 heavy (non-hydrogen) atoms. The highest BCUT2D eigenvalue weighted by atomic mass is 16.4. The number of allylic oxidation sites excluding steroid dienone is 1. The van der Waals surface area contributed by atoms with E-state index in [2.05, 4.69) is 15.4 Å². The van der Waals surface area contributed by atoms with Gasteiger partial charge in [0.1, 0.15) is 18.1 Å². The number of aromatic nitrogens is 3. The molecule has 1 aromatic heterocycles. The number of rotatable bonds is 2. The smallest absolute Gasteiger partial charge is 0.352 e. The lowest BCUT2D eigenvalue weighted by atomic mass is 9.99. The van der Waals surface area contributed by atoms with Crippen LogP contribution in [0.4, 0.5) is 5.95 Å². The van der Waals surface area contributed by atoms with Crippen LogP contribution in [0, 0.1) is 6.92 Å². The highest BCUT2D eigenvalue weighted by Crippen LogP contribution is 2.29. The van der Waals surface area contributed by atoms with E-state index >= 15 is 0 Å². The highest BCUT2D eigenvalue weighted by Gasteiger charge is 2.26. The Balaban J connectivity index is 2.15. The molecule has 1 aliphatic rings. The summed E-state index contributed by atoms with van der Waals surface area (Å²) in [5, 5.41) is 16.0. The number of carbonyl (C=O) groups is 1. The van der Waals surface area contributed by atoms with Gasteiger partial charge in [-0.2, -0.15) is 10.1 Å². The summed E-state index contributed by atoms with van der Waals surface area (Å²) in [5.41, 5.74) is 2.21. The van der Waals surface area contributed by atoms with Crippen LogP contribution in [0.25, 0.3) is 0 Å². The summed E-state index contributed by atoms with van der Waals surface area (Å²) in [5.74, 6) is -0.569. The molecule has 2 N–H and O–H groups in total. The average Bonchev–Trinajstić information content (AvgIpc) is 2.86. The minimum absolute atomic E-state index is 0.119. The molecular formula is C13H12N4O2. The molecule has 0 amide bonds. The first kappa shape index (κ1) is 11.5. The van der Waals surface area contributed by atoms with Crippen molar-refractivity contribution in [2.45, 2.75) is 13.0 Å². The predicted octanol–water partition coefficient (Wildman–Crippen LogP) is 1.57. The van der Waals surface area contributed by atoms with Gasteiger partial charge in [0.15, 0.2) is 0 Å². The van der Waals surface area contributed by atoms with Gasteiger partial charge in [-0.25, -0.2) is 9.48 Å². The largest absolute Gasteiger partial charge is 0.477 e. The SMILES string of the molecule is Cc1ccccc1[C@@H]1C=C(C(=O)O)Nc2ncnn21. The molecule has 0 fully saturated rings. The van der Waals surface area contributed by atoms with Gasteiger partial charge in [0.25, 0.3) is 0 Å². The van der Waals surface area contributed by atoms with Gasteiger partial charge in [-0.1, -0.05) is 24.3 Å². The third-order valence-corrected chi connectivity index (χ3v) is 3.15. The fraction of sp³-hybridized carbons (Fsp3) is 0.154. The molecule has 1 atom stereocenters. The van der Waals surface area contributed by atoms with Crippen molar-refractivity contribution in [2.24, 2.45) is 0 Å². The predicted molar refractivity (Wildman–Crippen MR) is 68.7 cm³/mol. The van der Waals surface area contributed by atoms with Crippen LogP contribution in [0.1, 0.15) is 17.2 Å². The quantitative estimate of drug-likeness (QED) is 0.852. The lowest BCUT2D eigenvalue weighted by Crippen LogP contribution is -2.24. The summed E-state index contributed by atoms with van der Waals surface area (Å²) in [4.78, 5) is 15.2. The third kappa shape index (κ3) is 1.87. The first-order valence-electron chi connectivity index (χ1n) is 5.84. The monoisotopic (exact) mass is 256 g/mol. The van der Waals surface area contributed by atoms with Crippen molar-refractivity contribution in [3.8, 4) is 0 Å². The van der Waals surface area contributed by atoms with Gasteiger partial charge < -0.3 is 10.4 Å². The zero-order valence-corrected chi connectivity index (χ0v) is 10.2. The number of benzene rings is 1. The van der Waals surface area contributed by atoms with Crippen molar-refractivity contribution >= 4 is 11.9 Å². The maximum atomic E-state index is 11.2. The van der Waals surface area contributed by atoms with Crippen molar-refractivity contribution in [1.82, 2.24) is 14.8 Å². The van der Waals surface area contributed by atoms with Crippen LogP contribution >= 0.6 is 0 Å². The third-order valence-electron chi connectivity index (χ3n) is 3.15. The van der Waals surface area contributed by atoms with Crippen molar-refractivity contribution in [3.05, 3.63) is 53.5 Å². The molecule has 2 aromatic rings. The van der Waals surface area contributed by atoms with Crippen LogP contribution in [0.5, 0.6) is 0 Å². The van der Waals surface area contributed by atoms with E-state index in [0.717, 1.165) is 11.1 Å². The van der Waals surface area contributed by atoms with Crippen LogP contribution < -0.4 is 5.32 Å². The van der Waals surface area contributed by atoms with Crippen LogP contribution in [0.3, 0.4) is 0 Å². The second-order valence-corrected chi connectivity index (χ2v) is 4.34. The summed E-state index contributed by atoms with van der Waals surface area (Å²) >= 11 is 0. The summed E-state index contributed by atoms with van der Waals surface area (Å²) in [6.07, 6.45) is 3.05. The molecule has 96 valence electrons. The lowest BCUT2D eigenvalue weighted by Gasteiger charge is -2.23. The highest BCUT2D eigenvalue weighted by molar-refractivity contribution is 5.90. The molecule has 0 radical (unpaired) electrons. The summed E-state index contributed by atoms with van der Waals surface area (Å²) in [6.45, 7) is 1.99. The molecule has 1 aliphatic heterocycles. The Bertz CT molecular complexity index is 675. The van der Waals surface area contributed by atoms with Gasteiger partial charge in [0.05, 0.1) is 0 Å². The number of hydrogen-bond acceptors (Lipinski definition) is 4. The molecule has 1 aromatic carbocycles. The number of nitrogens with zero attached hydrogens (tertiary/aromatic N) is 3. The van der Waals surface area contributed by atoms with Crippen molar-refractivity contribution in [3.63, 3.8) is 0 Å². The van der Waals surface area contributed by atoms with E-state index in [4.69, 9.17) is 5.11 Å². The standard InChI is InChI=1S/C13H12N4O2/c1-8-4-2-3-5-9(8)11-6-10(12(18)19)16-13-14-7-15-17(11)13/h2-7,11H,1H3,(H,18,19)(H,14,15,16)/t11-/m0/s1. The molecule has 2 heterocycles. The van der Waals surface area contributed by atoms with E-state index in [1.165, 1.54) is 6.33 Å². The first-order valence-corrected chi connectivity index (χ1v) is 5.84. The number of carboxylic acids is 1. The minimum atomic E-state index is -1.01. The van der Waals surface area contributed by atoms with Crippen LogP contribution in [0.2, 0.25) is 0 Å². The topological polar surface area (TPSA) is 80.0 Å². The van der Waals surface area contributed by atoms with Gasteiger partial charge in [0, 0.05) is 0 Å². The van der Waals surface area contributed by atoms with E-state index in [0.29, 0.717) is 5.95 Å². The molecule has 0 spiro atoms. The Morgan fingerprint density at radius 1 is 1.42 bits per heavy atom. The van der Waals surface area contributed by atoms with E-state index in [1.54, 1.807) is 10.8 Å². The van der Waals surface area contributed by atoms with Crippen molar-refractivity contribution in [1.29, 1.82) is 0 Å². The van der Waals surface area contributed by atoms with Gasteiger partial charge in [-0.05, 0) is 24.1 Å². The number of hydrogen-bond donors (Lipinski definition) is 2. The molecule has 0 unspecified atom stereocenters. The number of fused-ring (bicyclic) bond motifs is 1.